The summed E-state index contributed by atoms with van der Waals surface area (Å²) in [6.07, 6.45) is 2.73. The second-order valence-corrected chi connectivity index (χ2v) is 5.26. The van der Waals surface area contributed by atoms with Crippen molar-refractivity contribution in [3.63, 3.8) is 0 Å². The Kier molecular flexibility index (Phi) is 4.35. The van der Waals surface area contributed by atoms with Gasteiger partial charge in [0.1, 0.15) is 6.23 Å². The lowest BCUT2D eigenvalue weighted by Gasteiger charge is -2.19. The number of nitrogens with one attached hydrogen (secondary N) is 1. The van der Waals surface area contributed by atoms with Crippen molar-refractivity contribution in [3.05, 3.63) is 0 Å². The van der Waals surface area contributed by atoms with Crippen LogP contribution >= 0.6 is 0 Å². The number of hydrogen-bond acceptors (Lipinski definition) is 3. The summed E-state index contributed by atoms with van der Waals surface area (Å²) in [5.41, 5.74) is 0.385. The summed E-state index contributed by atoms with van der Waals surface area (Å²) in [6.45, 7) is 8.34. The molecule has 3 heteroatoms. The summed E-state index contributed by atoms with van der Waals surface area (Å²) in [6, 6.07) is 0. The highest BCUT2D eigenvalue weighted by molar-refractivity contribution is 4.76. The van der Waals surface area contributed by atoms with Crippen molar-refractivity contribution in [2.45, 2.75) is 52.4 Å². The Labute approximate surface area is 86.8 Å². The molecule has 2 atom stereocenters. The first-order valence-corrected chi connectivity index (χ1v) is 5.52. The van der Waals surface area contributed by atoms with Gasteiger partial charge in [0.15, 0.2) is 0 Å². The summed E-state index contributed by atoms with van der Waals surface area (Å²) in [5.74, 6) is 0. The van der Waals surface area contributed by atoms with E-state index in [4.69, 9.17) is 4.74 Å². The van der Waals surface area contributed by atoms with Crippen LogP contribution in [0.3, 0.4) is 0 Å². The third kappa shape index (κ3) is 4.40. The molecule has 3 nitrogen and oxygen atoms in total. The third-order valence-corrected chi connectivity index (χ3v) is 2.54. The molecular weight excluding hydrogens is 178 g/mol. The van der Waals surface area contributed by atoms with E-state index in [1.54, 1.807) is 0 Å². The maximum atomic E-state index is 9.41. The van der Waals surface area contributed by atoms with Crippen LogP contribution in [0.25, 0.3) is 0 Å². The molecule has 0 aliphatic carbocycles. The number of aliphatic hydroxyl groups is 1. The SMILES string of the molecule is CC(C)(C)CCCOC1CCNC1O. The predicted octanol–water partition coefficient (Wildman–Crippen LogP) is 1.51. The molecule has 0 aromatic rings. The van der Waals surface area contributed by atoms with E-state index in [2.05, 4.69) is 26.1 Å². The summed E-state index contributed by atoms with van der Waals surface area (Å²) in [7, 11) is 0. The van der Waals surface area contributed by atoms with Gasteiger partial charge in [0, 0.05) is 13.2 Å². The highest BCUT2D eigenvalue weighted by Crippen LogP contribution is 2.20. The summed E-state index contributed by atoms with van der Waals surface area (Å²) >= 11 is 0. The first-order valence-electron chi connectivity index (χ1n) is 5.52. The molecule has 1 rings (SSSR count). The molecule has 0 saturated carbocycles. The molecule has 0 radical (unpaired) electrons. The van der Waals surface area contributed by atoms with Crippen LogP contribution in [0, 0.1) is 5.41 Å². The molecule has 2 N–H and O–H groups in total. The van der Waals surface area contributed by atoms with Crippen LogP contribution in [0.1, 0.15) is 40.0 Å². The average Bonchev–Trinajstić information content (AvgIpc) is 2.44. The molecule has 0 amide bonds. The Hall–Kier alpha value is -0.120. The molecule has 0 spiro atoms. The minimum Gasteiger partial charge on any atom is -0.376 e. The zero-order valence-electron chi connectivity index (χ0n) is 9.55. The zero-order valence-corrected chi connectivity index (χ0v) is 9.55. The maximum absolute atomic E-state index is 9.41. The van der Waals surface area contributed by atoms with Crippen molar-refractivity contribution < 1.29 is 9.84 Å². The van der Waals surface area contributed by atoms with Gasteiger partial charge in [-0.2, -0.15) is 0 Å². The van der Waals surface area contributed by atoms with Gasteiger partial charge in [0.05, 0.1) is 6.10 Å². The van der Waals surface area contributed by atoms with Gasteiger partial charge in [-0.05, 0) is 24.7 Å². The van der Waals surface area contributed by atoms with E-state index in [9.17, 15) is 5.11 Å². The van der Waals surface area contributed by atoms with Gasteiger partial charge in [-0.1, -0.05) is 20.8 Å². The fraction of sp³-hybridized carbons (Fsp3) is 1.00. The normalized spacial score (nSPS) is 28.3. The lowest BCUT2D eigenvalue weighted by Crippen LogP contribution is -2.31. The van der Waals surface area contributed by atoms with Crippen molar-refractivity contribution in [2.24, 2.45) is 5.41 Å². The zero-order chi connectivity index (χ0) is 10.6. The monoisotopic (exact) mass is 201 g/mol. The number of hydrogen-bond donors (Lipinski definition) is 2. The summed E-state index contributed by atoms with van der Waals surface area (Å²) in [4.78, 5) is 0. The third-order valence-electron chi connectivity index (χ3n) is 2.54. The quantitative estimate of drug-likeness (QED) is 0.677. The average molecular weight is 201 g/mol. The molecule has 1 aliphatic heterocycles. The van der Waals surface area contributed by atoms with E-state index in [1.807, 2.05) is 0 Å². The first-order chi connectivity index (χ1) is 6.49. The van der Waals surface area contributed by atoms with Crippen molar-refractivity contribution in [1.29, 1.82) is 0 Å². The van der Waals surface area contributed by atoms with E-state index < -0.39 is 6.23 Å². The predicted molar refractivity (Wildman–Crippen MR) is 57.1 cm³/mol. The number of rotatable bonds is 4. The fourth-order valence-corrected chi connectivity index (χ4v) is 1.67. The standard InChI is InChI=1S/C11H23NO2/c1-11(2,3)6-4-8-14-9-5-7-12-10(9)13/h9-10,12-13H,4-8H2,1-3H3. The van der Waals surface area contributed by atoms with Crippen molar-refractivity contribution >= 4 is 0 Å². The molecule has 1 saturated heterocycles. The van der Waals surface area contributed by atoms with E-state index in [0.29, 0.717) is 5.41 Å². The highest BCUT2D eigenvalue weighted by Gasteiger charge is 2.24. The van der Waals surface area contributed by atoms with E-state index in [-0.39, 0.29) is 6.10 Å². The van der Waals surface area contributed by atoms with Crippen LogP contribution in [0.15, 0.2) is 0 Å². The molecule has 1 fully saturated rings. The minimum absolute atomic E-state index is 0.00923. The maximum Gasteiger partial charge on any atom is 0.131 e. The van der Waals surface area contributed by atoms with Crippen LogP contribution in [-0.4, -0.2) is 30.6 Å². The van der Waals surface area contributed by atoms with Crippen LogP contribution in [0.2, 0.25) is 0 Å². The van der Waals surface area contributed by atoms with E-state index in [1.165, 1.54) is 6.42 Å². The second kappa shape index (κ2) is 5.10. The topological polar surface area (TPSA) is 41.5 Å². The Morgan fingerprint density at radius 2 is 2.14 bits per heavy atom. The van der Waals surface area contributed by atoms with Gasteiger partial charge >= 0.3 is 0 Å². The lowest BCUT2D eigenvalue weighted by molar-refractivity contribution is -0.0284. The minimum atomic E-state index is -0.454. The molecule has 2 unspecified atom stereocenters. The first kappa shape index (κ1) is 12.0. The van der Waals surface area contributed by atoms with E-state index in [0.717, 1.165) is 26.0 Å². The molecule has 0 aromatic heterocycles. The summed E-state index contributed by atoms with van der Waals surface area (Å²) < 4.78 is 5.60. The van der Waals surface area contributed by atoms with Gasteiger partial charge < -0.3 is 9.84 Å². The Morgan fingerprint density at radius 1 is 1.43 bits per heavy atom. The molecule has 84 valence electrons. The Morgan fingerprint density at radius 3 is 2.64 bits per heavy atom. The molecule has 0 aromatic carbocycles. The number of ether oxygens (including phenoxy) is 1. The lowest BCUT2D eigenvalue weighted by atomic mass is 9.91. The molecule has 0 bridgehead atoms. The van der Waals surface area contributed by atoms with Crippen molar-refractivity contribution in [1.82, 2.24) is 5.32 Å². The van der Waals surface area contributed by atoms with Gasteiger partial charge in [-0.25, -0.2) is 0 Å². The van der Waals surface area contributed by atoms with Gasteiger partial charge in [0.2, 0.25) is 0 Å². The largest absolute Gasteiger partial charge is 0.376 e. The van der Waals surface area contributed by atoms with Gasteiger partial charge in [-0.15, -0.1) is 0 Å². The fourth-order valence-electron chi connectivity index (χ4n) is 1.67. The Bertz CT molecular complexity index is 165. The van der Waals surface area contributed by atoms with Crippen LogP contribution < -0.4 is 5.32 Å². The molecular formula is C11H23NO2. The highest BCUT2D eigenvalue weighted by atomic mass is 16.5. The second-order valence-electron chi connectivity index (χ2n) is 5.26. The van der Waals surface area contributed by atoms with Crippen LogP contribution in [-0.2, 0) is 4.74 Å². The van der Waals surface area contributed by atoms with Crippen molar-refractivity contribution in [2.75, 3.05) is 13.2 Å². The van der Waals surface area contributed by atoms with Gasteiger partial charge in [0.25, 0.3) is 0 Å². The smallest absolute Gasteiger partial charge is 0.131 e. The van der Waals surface area contributed by atoms with Crippen LogP contribution in [0.5, 0.6) is 0 Å². The van der Waals surface area contributed by atoms with E-state index >= 15 is 0 Å². The van der Waals surface area contributed by atoms with Crippen LogP contribution in [0.4, 0.5) is 0 Å². The number of aliphatic hydroxyl groups excluding tert-OH is 1. The van der Waals surface area contributed by atoms with Crippen molar-refractivity contribution in [3.8, 4) is 0 Å². The Balaban J connectivity index is 2.04. The van der Waals surface area contributed by atoms with Gasteiger partial charge in [-0.3, -0.25) is 5.32 Å². The molecule has 14 heavy (non-hydrogen) atoms. The summed E-state index contributed by atoms with van der Waals surface area (Å²) in [5, 5.41) is 12.4. The molecule has 1 aliphatic rings. The molecule has 1 heterocycles.